The van der Waals surface area contributed by atoms with E-state index in [4.69, 9.17) is 0 Å². The molecule has 0 aliphatic rings. The smallest absolute Gasteiger partial charge is 0.313 e. The van der Waals surface area contributed by atoms with Crippen LogP contribution in [0.25, 0.3) is 0 Å². The predicted molar refractivity (Wildman–Crippen MR) is 69.7 cm³/mol. The summed E-state index contributed by atoms with van der Waals surface area (Å²) in [5.74, 6) is -0.676. The molecule has 104 valence electrons. The van der Waals surface area contributed by atoms with Crippen LogP contribution in [0.4, 0.5) is 5.82 Å². The SMILES string of the molecule is Cn1c(NC(=O)c2cc(=O)[nH]cn2)cc(=O)n(C)c1=O. The van der Waals surface area contributed by atoms with Crippen molar-refractivity contribution in [3.8, 4) is 0 Å². The Morgan fingerprint density at radius 1 is 1.20 bits per heavy atom. The second-order valence-electron chi connectivity index (χ2n) is 4.02. The summed E-state index contributed by atoms with van der Waals surface area (Å²) in [4.78, 5) is 52.1. The molecule has 2 aromatic heterocycles. The van der Waals surface area contributed by atoms with Crippen LogP contribution < -0.4 is 22.1 Å². The van der Waals surface area contributed by atoms with E-state index in [1.807, 2.05) is 0 Å². The number of carbonyl (C=O) groups excluding carboxylic acids is 1. The Labute approximate surface area is 111 Å². The fourth-order valence-corrected chi connectivity index (χ4v) is 1.53. The molecule has 20 heavy (non-hydrogen) atoms. The van der Waals surface area contributed by atoms with E-state index < -0.39 is 22.7 Å². The Morgan fingerprint density at radius 2 is 1.90 bits per heavy atom. The second kappa shape index (κ2) is 4.96. The summed E-state index contributed by atoms with van der Waals surface area (Å²) >= 11 is 0. The van der Waals surface area contributed by atoms with Crippen molar-refractivity contribution in [1.29, 1.82) is 0 Å². The quantitative estimate of drug-likeness (QED) is 0.686. The molecule has 0 radical (unpaired) electrons. The van der Waals surface area contributed by atoms with Gasteiger partial charge in [-0.2, -0.15) is 0 Å². The largest absolute Gasteiger partial charge is 0.332 e. The van der Waals surface area contributed by atoms with Crippen LogP contribution in [0, 0.1) is 0 Å². The average Bonchev–Trinajstić information content (AvgIpc) is 2.42. The first-order chi connectivity index (χ1) is 9.40. The van der Waals surface area contributed by atoms with Gasteiger partial charge in [0.05, 0.1) is 6.33 Å². The van der Waals surface area contributed by atoms with Gasteiger partial charge in [0, 0.05) is 26.2 Å². The van der Waals surface area contributed by atoms with Crippen molar-refractivity contribution in [2.75, 3.05) is 5.32 Å². The minimum absolute atomic E-state index is 0.0187. The highest BCUT2D eigenvalue weighted by Crippen LogP contribution is 2.01. The van der Waals surface area contributed by atoms with Crippen LogP contribution in [0.2, 0.25) is 0 Å². The Kier molecular flexibility index (Phi) is 3.34. The van der Waals surface area contributed by atoms with E-state index in [9.17, 15) is 19.2 Å². The van der Waals surface area contributed by atoms with E-state index in [0.29, 0.717) is 0 Å². The molecular formula is C11H11N5O4. The van der Waals surface area contributed by atoms with E-state index >= 15 is 0 Å². The van der Waals surface area contributed by atoms with Crippen LogP contribution in [0.5, 0.6) is 0 Å². The zero-order valence-electron chi connectivity index (χ0n) is 10.7. The summed E-state index contributed by atoms with van der Waals surface area (Å²) in [7, 11) is 2.73. The number of carbonyl (C=O) groups is 1. The molecule has 0 fully saturated rings. The van der Waals surface area contributed by atoms with Gasteiger partial charge in [-0.3, -0.25) is 23.5 Å². The van der Waals surface area contributed by atoms with Crippen LogP contribution in [0.1, 0.15) is 10.5 Å². The Hall–Kier alpha value is -2.97. The van der Waals surface area contributed by atoms with E-state index in [2.05, 4.69) is 15.3 Å². The number of hydrogen-bond acceptors (Lipinski definition) is 5. The number of nitrogens with one attached hydrogen (secondary N) is 2. The summed E-state index contributed by atoms with van der Waals surface area (Å²) in [5.41, 5.74) is -1.74. The zero-order chi connectivity index (χ0) is 14.9. The third kappa shape index (κ3) is 2.41. The van der Waals surface area contributed by atoms with Gasteiger partial charge >= 0.3 is 5.69 Å². The predicted octanol–water partition coefficient (Wildman–Crippen LogP) is -1.58. The highest BCUT2D eigenvalue weighted by molar-refractivity contribution is 6.02. The molecule has 2 aromatic rings. The maximum absolute atomic E-state index is 11.9. The molecule has 2 heterocycles. The van der Waals surface area contributed by atoms with Gasteiger partial charge in [0.15, 0.2) is 0 Å². The van der Waals surface area contributed by atoms with Gasteiger partial charge in [-0.25, -0.2) is 9.78 Å². The van der Waals surface area contributed by atoms with Crippen molar-refractivity contribution in [3.05, 3.63) is 55.3 Å². The molecule has 1 amide bonds. The Morgan fingerprint density at radius 3 is 2.55 bits per heavy atom. The number of amides is 1. The standard InChI is InChI=1S/C11H11N5O4/c1-15-7(4-9(18)16(2)11(15)20)14-10(19)6-3-8(17)13-5-12-6/h3-5H,1-2H3,(H,14,19)(H,12,13,17). The number of H-pyrrole nitrogens is 1. The lowest BCUT2D eigenvalue weighted by Crippen LogP contribution is -2.38. The van der Waals surface area contributed by atoms with Crippen molar-refractivity contribution in [2.24, 2.45) is 14.1 Å². The van der Waals surface area contributed by atoms with Crippen molar-refractivity contribution in [3.63, 3.8) is 0 Å². The summed E-state index contributed by atoms with van der Waals surface area (Å²) in [5, 5.41) is 2.36. The van der Waals surface area contributed by atoms with Crippen LogP contribution in [-0.4, -0.2) is 25.0 Å². The molecule has 0 spiro atoms. The van der Waals surface area contributed by atoms with Gasteiger partial charge in [-0.05, 0) is 0 Å². The van der Waals surface area contributed by atoms with E-state index in [-0.39, 0.29) is 11.5 Å². The van der Waals surface area contributed by atoms with Crippen molar-refractivity contribution in [2.45, 2.75) is 0 Å². The number of aromatic amines is 1. The molecule has 0 atom stereocenters. The van der Waals surface area contributed by atoms with Crippen molar-refractivity contribution < 1.29 is 4.79 Å². The highest BCUT2D eigenvalue weighted by atomic mass is 16.2. The topological polar surface area (TPSA) is 119 Å². The lowest BCUT2D eigenvalue weighted by Gasteiger charge is -2.10. The maximum atomic E-state index is 11.9. The minimum atomic E-state index is -0.695. The summed E-state index contributed by atoms with van der Waals surface area (Å²) < 4.78 is 2.01. The first-order valence-corrected chi connectivity index (χ1v) is 5.53. The minimum Gasteiger partial charge on any atom is -0.313 e. The monoisotopic (exact) mass is 277 g/mol. The molecule has 0 aliphatic heterocycles. The number of anilines is 1. The van der Waals surface area contributed by atoms with Gasteiger partial charge < -0.3 is 10.3 Å². The van der Waals surface area contributed by atoms with Crippen molar-refractivity contribution >= 4 is 11.7 Å². The summed E-state index contributed by atoms with van der Waals surface area (Å²) in [6, 6.07) is 2.11. The number of hydrogen-bond donors (Lipinski definition) is 2. The Balaban J connectivity index is 2.41. The fourth-order valence-electron chi connectivity index (χ4n) is 1.53. The van der Waals surface area contributed by atoms with E-state index in [0.717, 1.165) is 27.6 Å². The van der Waals surface area contributed by atoms with Gasteiger partial charge in [-0.1, -0.05) is 0 Å². The first-order valence-electron chi connectivity index (χ1n) is 5.53. The second-order valence-corrected chi connectivity index (χ2v) is 4.02. The van der Waals surface area contributed by atoms with Crippen molar-refractivity contribution in [1.82, 2.24) is 19.1 Å². The summed E-state index contributed by atoms with van der Waals surface area (Å²) in [6.07, 6.45) is 1.08. The number of rotatable bonds is 2. The van der Waals surface area contributed by atoms with E-state index in [1.165, 1.54) is 14.1 Å². The molecule has 2 rings (SSSR count). The molecule has 0 unspecified atom stereocenters. The van der Waals surface area contributed by atoms with Gasteiger partial charge in [0.1, 0.15) is 11.5 Å². The van der Waals surface area contributed by atoms with Gasteiger partial charge in [0.2, 0.25) is 0 Å². The lowest BCUT2D eigenvalue weighted by atomic mass is 10.3. The Bertz CT molecular complexity index is 845. The maximum Gasteiger partial charge on any atom is 0.332 e. The lowest BCUT2D eigenvalue weighted by molar-refractivity contribution is 0.102. The molecule has 0 aromatic carbocycles. The molecule has 0 saturated heterocycles. The number of nitrogens with zero attached hydrogens (tertiary/aromatic N) is 3. The molecule has 9 nitrogen and oxygen atoms in total. The van der Waals surface area contributed by atoms with Crippen LogP contribution in [-0.2, 0) is 14.1 Å². The normalized spacial score (nSPS) is 10.3. The highest BCUT2D eigenvalue weighted by Gasteiger charge is 2.12. The van der Waals surface area contributed by atoms with E-state index in [1.54, 1.807) is 0 Å². The van der Waals surface area contributed by atoms with Crippen LogP contribution in [0.3, 0.4) is 0 Å². The van der Waals surface area contributed by atoms with Crippen LogP contribution >= 0.6 is 0 Å². The molecule has 9 heteroatoms. The summed E-state index contributed by atoms with van der Waals surface area (Å²) in [6.45, 7) is 0. The molecule has 0 bridgehead atoms. The molecular weight excluding hydrogens is 266 g/mol. The number of aromatic nitrogens is 4. The van der Waals surface area contributed by atoms with Gasteiger partial charge in [0.25, 0.3) is 17.0 Å². The zero-order valence-corrected chi connectivity index (χ0v) is 10.7. The third-order valence-corrected chi connectivity index (χ3v) is 2.68. The fraction of sp³-hybridized carbons (Fsp3) is 0.182. The van der Waals surface area contributed by atoms with Gasteiger partial charge in [-0.15, -0.1) is 0 Å². The molecule has 0 saturated carbocycles. The first kappa shape index (κ1) is 13.5. The average molecular weight is 277 g/mol. The third-order valence-electron chi connectivity index (χ3n) is 2.68. The van der Waals surface area contributed by atoms with Crippen LogP contribution in [0.15, 0.2) is 32.8 Å². The molecule has 0 aliphatic carbocycles. The molecule has 2 N–H and O–H groups in total.